The first-order valence-corrected chi connectivity index (χ1v) is 7.21. The molecule has 1 amide bonds. The van der Waals surface area contributed by atoms with Gasteiger partial charge in [-0.05, 0) is 36.0 Å². The highest BCUT2D eigenvalue weighted by Gasteiger charge is 2.24. The van der Waals surface area contributed by atoms with Crippen molar-refractivity contribution in [1.82, 2.24) is 4.90 Å². The summed E-state index contributed by atoms with van der Waals surface area (Å²) in [6, 6.07) is 10.1. The molecule has 0 aliphatic carbocycles. The Labute approximate surface area is 121 Å². The van der Waals surface area contributed by atoms with E-state index in [1.807, 2.05) is 29.2 Å². The molecule has 0 aromatic heterocycles. The molecule has 1 aromatic rings. The smallest absolute Gasteiger partial charge is 0.253 e. The van der Waals surface area contributed by atoms with Gasteiger partial charge in [0.1, 0.15) is 0 Å². The van der Waals surface area contributed by atoms with Gasteiger partial charge in [-0.2, -0.15) is 5.26 Å². The van der Waals surface area contributed by atoms with Crippen molar-refractivity contribution in [3.05, 3.63) is 35.4 Å². The zero-order chi connectivity index (χ0) is 14.8. The number of likely N-dealkylation sites (tertiary alicyclic amines) is 1. The molecule has 20 heavy (non-hydrogen) atoms. The van der Waals surface area contributed by atoms with Crippen LogP contribution in [0.1, 0.15) is 49.5 Å². The molecule has 3 nitrogen and oxygen atoms in total. The zero-order valence-electron chi connectivity index (χ0n) is 12.5. The van der Waals surface area contributed by atoms with Crippen molar-refractivity contribution in [3.63, 3.8) is 0 Å². The lowest BCUT2D eigenvalue weighted by atomic mass is 9.86. The number of carbonyl (C=O) groups excluding carboxylic acids is 1. The van der Waals surface area contributed by atoms with Crippen LogP contribution in [0.25, 0.3) is 0 Å². The van der Waals surface area contributed by atoms with E-state index >= 15 is 0 Å². The van der Waals surface area contributed by atoms with E-state index < -0.39 is 0 Å². The lowest BCUT2D eigenvalue weighted by Crippen LogP contribution is -2.39. The summed E-state index contributed by atoms with van der Waals surface area (Å²) < 4.78 is 0. The van der Waals surface area contributed by atoms with Crippen molar-refractivity contribution in [2.45, 2.75) is 39.0 Å². The van der Waals surface area contributed by atoms with Gasteiger partial charge in [0.15, 0.2) is 0 Å². The number of nitrogens with zero attached hydrogens (tertiary/aromatic N) is 2. The Balaban J connectivity index is 2.12. The number of hydrogen-bond donors (Lipinski definition) is 0. The number of nitriles is 1. The summed E-state index contributed by atoms with van der Waals surface area (Å²) in [6.45, 7) is 7.80. The van der Waals surface area contributed by atoms with Gasteiger partial charge in [-0.3, -0.25) is 4.79 Å². The monoisotopic (exact) mass is 270 g/mol. The second kappa shape index (κ2) is 5.66. The third-order valence-electron chi connectivity index (χ3n) is 3.89. The molecule has 0 spiro atoms. The van der Waals surface area contributed by atoms with Crippen LogP contribution in [0.4, 0.5) is 0 Å². The van der Waals surface area contributed by atoms with Gasteiger partial charge in [-0.15, -0.1) is 0 Å². The molecule has 1 aliphatic heterocycles. The van der Waals surface area contributed by atoms with Crippen molar-refractivity contribution < 1.29 is 4.79 Å². The van der Waals surface area contributed by atoms with E-state index in [-0.39, 0.29) is 17.2 Å². The third-order valence-corrected chi connectivity index (χ3v) is 3.89. The van der Waals surface area contributed by atoms with Gasteiger partial charge in [-0.25, -0.2) is 0 Å². The van der Waals surface area contributed by atoms with E-state index in [4.69, 9.17) is 5.26 Å². The van der Waals surface area contributed by atoms with Gasteiger partial charge in [-0.1, -0.05) is 32.9 Å². The van der Waals surface area contributed by atoms with Crippen LogP contribution in [0.15, 0.2) is 24.3 Å². The average molecular weight is 270 g/mol. The molecule has 2 rings (SSSR count). The fourth-order valence-electron chi connectivity index (χ4n) is 2.56. The summed E-state index contributed by atoms with van der Waals surface area (Å²) in [5, 5.41) is 9.00. The predicted octanol–water partition coefficient (Wildman–Crippen LogP) is 3.36. The van der Waals surface area contributed by atoms with Crippen LogP contribution >= 0.6 is 0 Å². The highest BCUT2D eigenvalue weighted by Crippen LogP contribution is 2.23. The maximum atomic E-state index is 12.4. The fourth-order valence-corrected chi connectivity index (χ4v) is 2.56. The molecule has 0 saturated carbocycles. The Morgan fingerprint density at radius 3 is 2.50 bits per heavy atom. The zero-order valence-corrected chi connectivity index (χ0v) is 12.5. The Kier molecular flexibility index (Phi) is 4.13. The van der Waals surface area contributed by atoms with Crippen molar-refractivity contribution in [2.75, 3.05) is 13.1 Å². The molecule has 1 fully saturated rings. The molecule has 0 radical (unpaired) electrons. The van der Waals surface area contributed by atoms with Crippen molar-refractivity contribution >= 4 is 5.91 Å². The van der Waals surface area contributed by atoms with E-state index in [1.54, 1.807) is 0 Å². The second-order valence-corrected chi connectivity index (χ2v) is 6.55. The van der Waals surface area contributed by atoms with Crippen molar-refractivity contribution in [2.24, 2.45) is 5.92 Å². The number of hydrogen-bond acceptors (Lipinski definition) is 2. The molecule has 1 aromatic carbocycles. The summed E-state index contributed by atoms with van der Waals surface area (Å²) in [7, 11) is 0. The van der Waals surface area contributed by atoms with Crippen LogP contribution in [-0.2, 0) is 5.41 Å². The van der Waals surface area contributed by atoms with Gasteiger partial charge in [0.2, 0.25) is 0 Å². The molecule has 3 heteroatoms. The van der Waals surface area contributed by atoms with Crippen LogP contribution in [-0.4, -0.2) is 23.9 Å². The normalized spacial score (nSPS) is 19.5. The highest BCUT2D eigenvalue weighted by atomic mass is 16.2. The first-order chi connectivity index (χ1) is 9.41. The molecule has 1 heterocycles. The summed E-state index contributed by atoms with van der Waals surface area (Å²) in [4.78, 5) is 14.2. The number of piperidine rings is 1. The maximum Gasteiger partial charge on any atom is 0.253 e. The van der Waals surface area contributed by atoms with Crippen molar-refractivity contribution in [1.29, 1.82) is 5.26 Å². The van der Waals surface area contributed by atoms with Crippen LogP contribution in [0.5, 0.6) is 0 Å². The second-order valence-electron chi connectivity index (χ2n) is 6.55. The molecule has 106 valence electrons. The summed E-state index contributed by atoms with van der Waals surface area (Å²) in [5.41, 5.74) is 2.04. The number of benzene rings is 1. The number of rotatable bonds is 1. The Morgan fingerprint density at radius 1 is 1.30 bits per heavy atom. The van der Waals surface area contributed by atoms with Gasteiger partial charge < -0.3 is 4.90 Å². The van der Waals surface area contributed by atoms with E-state index in [0.29, 0.717) is 6.54 Å². The van der Waals surface area contributed by atoms with Gasteiger partial charge >= 0.3 is 0 Å². The molecule has 1 aliphatic rings. The van der Waals surface area contributed by atoms with Crippen LogP contribution in [0.3, 0.4) is 0 Å². The third kappa shape index (κ3) is 3.19. The first kappa shape index (κ1) is 14.6. The minimum Gasteiger partial charge on any atom is -0.337 e. The number of carbonyl (C=O) groups is 1. The van der Waals surface area contributed by atoms with Gasteiger partial charge in [0, 0.05) is 18.7 Å². The van der Waals surface area contributed by atoms with Crippen LogP contribution in [0, 0.1) is 17.2 Å². The Bertz CT molecular complexity index is 519. The first-order valence-electron chi connectivity index (χ1n) is 7.21. The Hall–Kier alpha value is -1.82. The highest BCUT2D eigenvalue weighted by molar-refractivity contribution is 5.94. The predicted molar refractivity (Wildman–Crippen MR) is 79.4 cm³/mol. The van der Waals surface area contributed by atoms with Crippen LogP contribution < -0.4 is 0 Å². The average Bonchev–Trinajstić information content (AvgIpc) is 2.46. The van der Waals surface area contributed by atoms with Crippen molar-refractivity contribution in [3.8, 4) is 6.07 Å². The molecule has 1 atom stereocenters. The SMILES string of the molecule is CC(C)(C)c1ccc(C(=O)N2CCCC(C#N)C2)cc1. The van der Waals surface area contributed by atoms with E-state index in [9.17, 15) is 4.79 Å². The summed E-state index contributed by atoms with van der Waals surface area (Å²) in [5.74, 6) is 0.0342. The summed E-state index contributed by atoms with van der Waals surface area (Å²) in [6.07, 6.45) is 1.83. The fraction of sp³-hybridized carbons (Fsp3) is 0.529. The largest absolute Gasteiger partial charge is 0.337 e. The maximum absolute atomic E-state index is 12.4. The van der Waals surface area contributed by atoms with Gasteiger partial charge in [0.25, 0.3) is 5.91 Å². The molecule has 1 saturated heterocycles. The molecule has 0 N–H and O–H groups in total. The topological polar surface area (TPSA) is 44.1 Å². The van der Waals surface area contributed by atoms with E-state index in [0.717, 1.165) is 24.9 Å². The van der Waals surface area contributed by atoms with E-state index in [2.05, 4.69) is 26.8 Å². The minimum atomic E-state index is -0.0125. The quantitative estimate of drug-likeness (QED) is 0.785. The molecule has 1 unspecified atom stereocenters. The minimum absolute atomic E-state index is 0.0125. The summed E-state index contributed by atoms with van der Waals surface area (Å²) >= 11 is 0. The Morgan fingerprint density at radius 2 is 1.95 bits per heavy atom. The lowest BCUT2D eigenvalue weighted by Gasteiger charge is -2.29. The molecular weight excluding hydrogens is 248 g/mol. The van der Waals surface area contributed by atoms with Crippen LogP contribution in [0.2, 0.25) is 0 Å². The molecular formula is C17H22N2O. The van der Waals surface area contributed by atoms with Gasteiger partial charge in [0.05, 0.1) is 12.0 Å². The molecule has 0 bridgehead atoms. The standard InChI is InChI=1S/C17H22N2O/c1-17(2,3)15-8-6-14(7-9-15)16(20)19-10-4-5-13(11-18)12-19/h6-9,13H,4-5,10,12H2,1-3H3. The number of amides is 1. The lowest BCUT2D eigenvalue weighted by molar-refractivity contribution is 0.0698. The van der Waals surface area contributed by atoms with E-state index in [1.165, 1.54) is 5.56 Å².